The van der Waals surface area contributed by atoms with Gasteiger partial charge in [-0.1, -0.05) is 0 Å². The van der Waals surface area contributed by atoms with Crippen molar-refractivity contribution in [3.63, 3.8) is 0 Å². The van der Waals surface area contributed by atoms with Crippen LogP contribution in [0, 0.1) is 0 Å². The van der Waals surface area contributed by atoms with Crippen LogP contribution in [-0.2, 0) is 16.7 Å². The van der Waals surface area contributed by atoms with Gasteiger partial charge in [-0.25, -0.2) is 0 Å². The van der Waals surface area contributed by atoms with Gasteiger partial charge in [-0.2, -0.15) is 5.10 Å². The molecular formula is C6H8BN2O2. The molecule has 57 valence electrons. The lowest BCUT2D eigenvalue weighted by molar-refractivity contribution is -0.183. The van der Waals surface area contributed by atoms with Crippen molar-refractivity contribution in [1.82, 2.24) is 9.78 Å². The standard InChI is InChI=1S/C6H8BN2O2/c1-9-3-2-6(8-9)5-4-10-11-7-5/h2-3,5H,4H2,1H3. The Morgan fingerprint density at radius 1 is 1.82 bits per heavy atom. The Labute approximate surface area is 65.3 Å². The van der Waals surface area contributed by atoms with Gasteiger partial charge >= 0.3 is 7.48 Å². The summed E-state index contributed by atoms with van der Waals surface area (Å²) in [4.78, 5) is 9.36. The largest absolute Gasteiger partial charge is 0.356 e. The van der Waals surface area contributed by atoms with E-state index in [1.165, 1.54) is 0 Å². The molecule has 0 spiro atoms. The molecule has 1 aliphatic rings. The zero-order chi connectivity index (χ0) is 7.68. The maximum atomic E-state index is 4.72. The van der Waals surface area contributed by atoms with Crippen LogP contribution < -0.4 is 0 Å². The molecule has 2 heterocycles. The van der Waals surface area contributed by atoms with Gasteiger partial charge in [0.1, 0.15) is 0 Å². The van der Waals surface area contributed by atoms with Gasteiger partial charge < -0.3 is 4.81 Å². The van der Waals surface area contributed by atoms with Crippen LogP contribution in [0.2, 0.25) is 0 Å². The van der Waals surface area contributed by atoms with Crippen LogP contribution in [0.1, 0.15) is 11.5 Å². The highest BCUT2D eigenvalue weighted by atomic mass is 17.2. The maximum absolute atomic E-state index is 4.72. The molecule has 1 aromatic heterocycles. The summed E-state index contributed by atoms with van der Waals surface area (Å²) in [6, 6.07) is 1.96. The minimum absolute atomic E-state index is 0.191. The van der Waals surface area contributed by atoms with E-state index in [2.05, 4.69) is 9.90 Å². The lowest BCUT2D eigenvalue weighted by atomic mass is 9.80. The van der Waals surface area contributed by atoms with E-state index in [1.807, 2.05) is 19.3 Å². The summed E-state index contributed by atoms with van der Waals surface area (Å²) in [6.45, 7) is 0.566. The highest BCUT2D eigenvalue weighted by Crippen LogP contribution is 2.17. The summed E-state index contributed by atoms with van der Waals surface area (Å²) >= 11 is 0. The number of hydrogen-bond donors (Lipinski definition) is 0. The highest BCUT2D eigenvalue weighted by molar-refractivity contribution is 6.30. The molecule has 1 radical (unpaired) electrons. The molecule has 4 nitrogen and oxygen atoms in total. The molecule has 0 saturated carbocycles. The predicted molar refractivity (Wildman–Crippen MR) is 38.7 cm³/mol. The first-order valence-corrected chi connectivity index (χ1v) is 3.47. The minimum atomic E-state index is 0.191. The Morgan fingerprint density at radius 2 is 2.73 bits per heavy atom. The summed E-state index contributed by atoms with van der Waals surface area (Å²) in [7, 11) is 3.54. The van der Waals surface area contributed by atoms with Gasteiger partial charge in [0.05, 0.1) is 12.3 Å². The zero-order valence-electron chi connectivity index (χ0n) is 6.23. The van der Waals surface area contributed by atoms with Crippen LogP contribution in [0.4, 0.5) is 0 Å². The first-order valence-electron chi connectivity index (χ1n) is 3.47. The van der Waals surface area contributed by atoms with Crippen molar-refractivity contribution in [1.29, 1.82) is 0 Å². The molecule has 2 rings (SSSR count). The molecule has 0 bridgehead atoms. The van der Waals surface area contributed by atoms with Gasteiger partial charge in [0, 0.05) is 19.1 Å². The maximum Gasteiger partial charge on any atom is 0.356 e. The summed E-state index contributed by atoms with van der Waals surface area (Å²) in [5.41, 5.74) is 0.991. The van der Waals surface area contributed by atoms with Crippen LogP contribution in [0.3, 0.4) is 0 Å². The second kappa shape index (κ2) is 2.67. The third-order valence-corrected chi connectivity index (χ3v) is 1.65. The summed E-state index contributed by atoms with van der Waals surface area (Å²) in [5, 5.41) is 4.22. The molecule has 5 heteroatoms. The Hall–Kier alpha value is -0.805. The molecular weight excluding hydrogens is 143 g/mol. The SMILES string of the molecule is Cn1ccc(C2[B]OOC2)n1. The Morgan fingerprint density at radius 3 is 3.27 bits per heavy atom. The van der Waals surface area contributed by atoms with Gasteiger partial charge in [0.25, 0.3) is 0 Å². The average molecular weight is 151 g/mol. The summed E-state index contributed by atoms with van der Waals surface area (Å²) in [5.74, 6) is 0.191. The average Bonchev–Trinajstić information content (AvgIpc) is 2.55. The molecule has 1 fully saturated rings. The molecule has 1 unspecified atom stereocenters. The Kier molecular flexibility index (Phi) is 1.67. The van der Waals surface area contributed by atoms with Crippen LogP contribution in [0.15, 0.2) is 12.3 Å². The third kappa shape index (κ3) is 1.29. The first kappa shape index (κ1) is 6.88. The lowest BCUT2D eigenvalue weighted by Crippen LogP contribution is -2.05. The third-order valence-electron chi connectivity index (χ3n) is 1.65. The van der Waals surface area contributed by atoms with Crippen LogP contribution in [0.25, 0.3) is 0 Å². The summed E-state index contributed by atoms with van der Waals surface area (Å²) in [6.07, 6.45) is 1.90. The second-order valence-electron chi connectivity index (χ2n) is 2.54. The second-order valence-corrected chi connectivity index (χ2v) is 2.54. The Balaban J connectivity index is 2.15. The van der Waals surface area contributed by atoms with E-state index in [1.54, 1.807) is 12.2 Å². The fraction of sp³-hybridized carbons (Fsp3) is 0.500. The van der Waals surface area contributed by atoms with E-state index in [4.69, 9.17) is 4.89 Å². The topological polar surface area (TPSA) is 36.3 Å². The minimum Gasteiger partial charge on any atom is -0.310 e. The number of hydrogen-bond acceptors (Lipinski definition) is 3. The quantitative estimate of drug-likeness (QED) is 0.420. The molecule has 0 aromatic carbocycles. The van der Waals surface area contributed by atoms with Crippen LogP contribution in [-0.4, -0.2) is 23.9 Å². The van der Waals surface area contributed by atoms with Crippen molar-refractivity contribution in [3.05, 3.63) is 18.0 Å². The zero-order valence-corrected chi connectivity index (χ0v) is 6.23. The predicted octanol–water partition coefficient (Wildman–Crippen LogP) is 0.0422. The van der Waals surface area contributed by atoms with Crippen molar-refractivity contribution < 1.29 is 9.69 Å². The molecule has 0 aliphatic carbocycles. The number of aryl methyl sites for hydroxylation is 1. The van der Waals surface area contributed by atoms with Gasteiger partial charge in [-0.05, 0) is 6.07 Å². The van der Waals surface area contributed by atoms with E-state index in [9.17, 15) is 0 Å². The van der Waals surface area contributed by atoms with E-state index in [-0.39, 0.29) is 5.82 Å². The van der Waals surface area contributed by atoms with Crippen LogP contribution >= 0.6 is 0 Å². The van der Waals surface area contributed by atoms with E-state index in [0.717, 1.165) is 5.69 Å². The monoisotopic (exact) mass is 151 g/mol. The highest BCUT2D eigenvalue weighted by Gasteiger charge is 2.23. The fourth-order valence-electron chi connectivity index (χ4n) is 1.04. The summed E-state index contributed by atoms with van der Waals surface area (Å²) < 4.78 is 1.77. The van der Waals surface area contributed by atoms with E-state index >= 15 is 0 Å². The molecule has 0 N–H and O–H groups in total. The van der Waals surface area contributed by atoms with Gasteiger partial charge in [-0.3, -0.25) is 9.57 Å². The van der Waals surface area contributed by atoms with Crippen LogP contribution in [0.5, 0.6) is 0 Å². The fourth-order valence-corrected chi connectivity index (χ4v) is 1.04. The molecule has 11 heavy (non-hydrogen) atoms. The molecule has 0 amide bonds. The van der Waals surface area contributed by atoms with Gasteiger partial charge in [0.15, 0.2) is 0 Å². The van der Waals surface area contributed by atoms with Crippen molar-refractivity contribution in [2.24, 2.45) is 7.05 Å². The first-order chi connectivity index (χ1) is 5.36. The lowest BCUT2D eigenvalue weighted by Gasteiger charge is -1.96. The van der Waals surface area contributed by atoms with E-state index < -0.39 is 0 Å². The molecule has 1 saturated heterocycles. The molecule has 1 aromatic rings. The van der Waals surface area contributed by atoms with Gasteiger partial charge in [0.2, 0.25) is 0 Å². The van der Waals surface area contributed by atoms with E-state index in [0.29, 0.717) is 6.61 Å². The number of rotatable bonds is 1. The van der Waals surface area contributed by atoms with Crippen molar-refractivity contribution in [3.8, 4) is 0 Å². The normalized spacial score (nSPS) is 23.5. The molecule has 1 atom stereocenters. The van der Waals surface area contributed by atoms with Crippen molar-refractivity contribution in [2.75, 3.05) is 6.61 Å². The van der Waals surface area contributed by atoms with Crippen molar-refractivity contribution >= 4 is 7.48 Å². The number of aromatic nitrogens is 2. The smallest absolute Gasteiger partial charge is 0.310 e. The molecule has 1 aliphatic heterocycles. The number of nitrogens with zero attached hydrogens (tertiary/aromatic N) is 2. The Bertz CT molecular complexity index is 244. The van der Waals surface area contributed by atoms with Crippen molar-refractivity contribution in [2.45, 2.75) is 5.82 Å². The van der Waals surface area contributed by atoms with Gasteiger partial charge in [-0.15, -0.1) is 0 Å².